The van der Waals surface area contributed by atoms with Crippen molar-refractivity contribution in [2.75, 3.05) is 43.6 Å². The first kappa shape index (κ1) is 14.1. The molecule has 0 aromatic carbocycles. The molecule has 1 N–H and O–H groups in total. The van der Waals surface area contributed by atoms with Gasteiger partial charge in [0, 0.05) is 44.7 Å². The van der Waals surface area contributed by atoms with Crippen LogP contribution in [0.15, 0.2) is 18.3 Å². The van der Waals surface area contributed by atoms with Crippen LogP contribution in [0.5, 0.6) is 0 Å². The van der Waals surface area contributed by atoms with Crippen LogP contribution in [0.25, 0.3) is 0 Å². The second kappa shape index (κ2) is 7.34. The fourth-order valence-corrected chi connectivity index (χ4v) is 1.87. The molecule has 0 saturated heterocycles. The van der Waals surface area contributed by atoms with Gasteiger partial charge in [0.05, 0.1) is 6.61 Å². The molecular weight excluding hydrogens is 238 g/mol. The van der Waals surface area contributed by atoms with Gasteiger partial charge in [0.1, 0.15) is 5.82 Å². The Balaban J connectivity index is 1.74. The molecule has 4 nitrogen and oxygen atoms in total. The van der Waals surface area contributed by atoms with E-state index in [1.807, 2.05) is 12.3 Å². The van der Waals surface area contributed by atoms with Crippen LogP contribution in [-0.4, -0.2) is 38.3 Å². The number of nitrogens with zero attached hydrogens (tertiary/aromatic N) is 2. The van der Waals surface area contributed by atoms with Crippen LogP contribution in [0, 0.1) is 5.92 Å². The van der Waals surface area contributed by atoms with Crippen molar-refractivity contribution in [3.63, 3.8) is 0 Å². The van der Waals surface area contributed by atoms with Gasteiger partial charge >= 0.3 is 0 Å². The molecule has 0 aliphatic heterocycles. The summed E-state index contributed by atoms with van der Waals surface area (Å²) in [6.07, 6.45) is 5.67. The number of hydrogen-bond donors (Lipinski definition) is 1. The Morgan fingerprint density at radius 3 is 3.05 bits per heavy atom. The molecule has 0 radical (unpaired) electrons. The summed E-state index contributed by atoms with van der Waals surface area (Å²) in [4.78, 5) is 6.53. The summed E-state index contributed by atoms with van der Waals surface area (Å²) in [5.41, 5.74) is 1.18. The Hall–Kier alpha value is -1.29. The molecule has 1 saturated carbocycles. The molecule has 0 atom stereocenters. The van der Waals surface area contributed by atoms with Gasteiger partial charge < -0.3 is 15.0 Å². The van der Waals surface area contributed by atoms with E-state index in [1.54, 1.807) is 0 Å². The summed E-state index contributed by atoms with van der Waals surface area (Å²) in [7, 11) is 2.10. The van der Waals surface area contributed by atoms with Gasteiger partial charge in [-0.15, -0.1) is 0 Å². The number of likely N-dealkylation sites (N-methyl/N-ethyl adjacent to an activating group) is 1. The van der Waals surface area contributed by atoms with Crippen molar-refractivity contribution >= 4 is 11.5 Å². The summed E-state index contributed by atoms with van der Waals surface area (Å²) >= 11 is 0. The number of aromatic nitrogens is 1. The predicted molar refractivity (Wildman–Crippen MR) is 79.8 cm³/mol. The van der Waals surface area contributed by atoms with Crippen molar-refractivity contribution in [2.24, 2.45) is 5.92 Å². The molecule has 0 amide bonds. The lowest BCUT2D eigenvalue weighted by Gasteiger charge is -2.19. The molecule has 0 spiro atoms. The van der Waals surface area contributed by atoms with Crippen LogP contribution < -0.4 is 10.2 Å². The quantitative estimate of drug-likeness (QED) is 0.695. The molecule has 0 bridgehead atoms. The van der Waals surface area contributed by atoms with Crippen molar-refractivity contribution in [3.05, 3.63) is 18.3 Å². The van der Waals surface area contributed by atoms with E-state index in [0.29, 0.717) is 0 Å². The minimum atomic E-state index is 0.799. The Kier molecular flexibility index (Phi) is 5.45. The zero-order valence-corrected chi connectivity index (χ0v) is 12.1. The van der Waals surface area contributed by atoms with Crippen molar-refractivity contribution in [1.82, 2.24) is 4.98 Å². The number of ether oxygens (including phenoxy) is 1. The van der Waals surface area contributed by atoms with Crippen molar-refractivity contribution in [3.8, 4) is 0 Å². The van der Waals surface area contributed by atoms with E-state index < -0.39 is 0 Å². The number of anilines is 2. The maximum Gasteiger partial charge on any atom is 0.127 e. The van der Waals surface area contributed by atoms with E-state index in [4.69, 9.17) is 4.74 Å². The second-order valence-electron chi connectivity index (χ2n) is 5.27. The molecule has 2 rings (SSSR count). The lowest BCUT2D eigenvalue weighted by atomic mass is 10.3. The van der Waals surface area contributed by atoms with Gasteiger partial charge in [-0.05, 0) is 31.2 Å². The maximum atomic E-state index is 5.67. The standard InChI is InChI=1S/C15H25N3O/c1-3-7-16-15-11-14(6-8-17-15)18(2)9-10-19-12-13-4-5-13/h6,8,11,13H,3-5,7,9-10,12H2,1-2H3,(H,16,17). The van der Waals surface area contributed by atoms with Gasteiger partial charge in [0.15, 0.2) is 0 Å². The Morgan fingerprint density at radius 2 is 2.32 bits per heavy atom. The molecule has 106 valence electrons. The minimum absolute atomic E-state index is 0.799. The highest BCUT2D eigenvalue weighted by Gasteiger charge is 2.20. The van der Waals surface area contributed by atoms with Crippen molar-refractivity contribution in [2.45, 2.75) is 26.2 Å². The molecule has 1 aliphatic rings. The Labute approximate surface area is 116 Å². The van der Waals surface area contributed by atoms with Gasteiger partial charge in [0.2, 0.25) is 0 Å². The average Bonchev–Trinajstić information content (AvgIpc) is 3.25. The first-order valence-corrected chi connectivity index (χ1v) is 7.28. The molecule has 1 aromatic rings. The lowest BCUT2D eigenvalue weighted by Crippen LogP contribution is -2.23. The number of pyridine rings is 1. The number of rotatable bonds is 9. The van der Waals surface area contributed by atoms with Crippen LogP contribution in [-0.2, 0) is 4.74 Å². The summed E-state index contributed by atoms with van der Waals surface area (Å²) in [5.74, 6) is 1.79. The van der Waals surface area contributed by atoms with E-state index >= 15 is 0 Å². The van der Waals surface area contributed by atoms with Gasteiger partial charge in [0.25, 0.3) is 0 Å². The van der Waals surface area contributed by atoms with E-state index in [9.17, 15) is 0 Å². The number of nitrogens with one attached hydrogen (secondary N) is 1. The predicted octanol–water partition coefficient (Wildman–Crippen LogP) is 2.77. The summed E-state index contributed by atoms with van der Waals surface area (Å²) < 4.78 is 5.67. The fourth-order valence-electron chi connectivity index (χ4n) is 1.87. The molecule has 1 fully saturated rings. The fraction of sp³-hybridized carbons (Fsp3) is 0.667. The first-order chi connectivity index (χ1) is 9.29. The summed E-state index contributed by atoms with van der Waals surface area (Å²) in [6.45, 7) is 5.77. The van der Waals surface area contributed by atoms with Crippen LogP contribution >= 0.6 is 0 Å². The zero-order valence-electron chi connectivity index (χ0n) is 12.1. The second-order valence-corrected chi connectivity index (χ2v) is 5.27. The van der Waals surface area contributed by atoms with E-state index in [0.717, 1.165) is 44.5 Å². The smallest absolute Gasteiger partial charge is 0.127 e. The topological polar surface area (TPSA) is 37.4 Å². The number of hydrogen-bond acceptors (Lipinski definition) is 4. The molecular formula is C15H25N3O. The lowest BCUT2D eigenvalue weighted by molar-refractivity contribution is 0.131. The first-order valence-electron chi connectivity index (χ1n) is 7.28. The van der Waals surface area contributed by atoms with Gasteiger partial charge in [-0.25, -0.2) is 4.98 Å². The van der Waals surface area contributed by atoms with Crippen LogP contribution in [0.3, 0.4) is 0 Å². The third-order valence-electron chi connectivity index (χ3n) is 3.36. The SMILES string of the molecule is CCCNc1cc(N(C)CCOCC2CC2)ccn1. The highest BCUT2D eigenvalue weighted by Crippen LogP contribution is 2.28. The largest absolute Gasteiger partial charge is 0.379 e. The van der Waals surface area contributed by atoms with Gasteiger partial charge in [-0.2, -0.15) is 0 Å². The Morgan fingerprint density at radius 1 is 1.47 bits per heavy atom. The molecule has 1 aliphatic carbocycles. The van der Waals surface area contributed by atoms with Crippen molar-refractivity contribution < 1.29 is 4.74 Å². The third-order valence-corrected chi connectivity index (χ3v) is 3.36. The maximum absolute atomic E-state index is 5.67. The normalized spacial score (nSPS) is 14.4. The molecule has 0 unspecified atom stereocenters. The highest BCUT2D eigenvalue weighted by atomic mass is 16.5. The third kappa shape index (κ3) is 5.07. The summed E-state index contributed by atoms with van der Waals surface area (Å²) in [6, 6.07) is 4.13. The molecule has 1 aromatic heterocycles. The zero-order chi connectivity index (χ0) is 13.5. The van der Waals surface area contributed by atoms with Gasteiger partial charge in [-0.1, -0.05) is 6.92 Å². The van der Waals surface area contributed by atoms with E-state index in [-0.39, 0.29) is 0 Å². The highest BCUT2D eigenvalue weighted by molar-refractivity contribution is 5.53. The van der Waals surface area contributed by atoms with Crippen LogP contribution in [0.1, 0.15) is 26.2 Å². The average molecular weight is 263 g/mol. The van der Waals surface area contributed by atoms with E-state index in [1.165, 1.54) is 18.5 Å². The van der Waals surface area contributed by atoms with Gasteiger partial charge in [-0.3, -0.25) is 0 Å². The van der Waals surface area contributed by atoms with Crippen molar-refractivity contribution in [1.29, 1.82) is 0 Å². The van der Waals surface area contributed by atoms with E-state index in [2.05, 4.69) is 35.2 Å². The monoisotopic (exact) mass is 263 g/mol. The minimum Gasteiger partial charge on any atom is -0.379 e. The van der Waals surface area contributed by atoms with Crippen LogP contribution in [0.4, 0.5) is 11.5 Å². The summed E-state index contributed by atoms with van der Waals surface area (Å²) in [5, 5.41) is 3.31. The molecule has 19 heavy (non-hydrogen) atoms. The Bertz CT molecular complexity index is 379. The molecule has 4 heteroatoms. The molecule has 1 heterocycles. The van der Waals surface area contributed by atoms with Crippen LogP contribution in [0.2, 0.25) is 0 Å².